The fraction of sp³-hybridized carbons (Fsp3) is 0.250. The average molecular weight is 320 g/mol. The molecule has 24 heavy (non-hydrogen) atoms. The van der Waals surface area contributed by atoms with E-state index in [1.54, 1.807) is 6.20 Å². The zero-order valence-electron chi connectivity index (χ0n) is 13.4. The highest BCUT2D eigenvalue weighted by Crippen LogP contribution is 2.29. The number of aromatic nitrogens is 1. The number of ether oxygens (including phenoxy) is 2. The molecule has 2 aromatic carbocycles. The molecule has 0 saturated carbocycles. The molecule has 2 unspecified atom stereocenters. The molecule has 3 aromatic rings. The van der Waals surface area contributed by atoms with Gasteiger partial charge in [0.1, 0.15) is 11.9 Å². The van der Waals surface area contributed by atoms with Gasteiger partial charge in [-0.2, -0.15) is 0 Å². The van der Waals surface area contributed by atoms with Crippen molar-refractivity contribution in [2.45, 2.75) is 12.2 Å². The summed E-state index contributed by atoms with van der Waals surface area (Å²) in [6.07, 6.45) is 3.51. The van der Waals surface area contributed by atoms with E-state index in [9.17, 15) is 0 Å². The Morgan fingerprint density at radius 3 is 2.83 bits per heavy atom. The van der Waals surface area contributed by atoms with Crippen molar-refractivity contribution in [1.29, 1.82) is 0 Å². The maximum absolute atomic E-state index is 6.36. The summed E-state index contributed by atoms with van der Waals surface area (Å²) in [5.74, 6) is 0.832. The van der Waals surface area contributed by atoms with Gasteiger partial charge >= 0.3 is 0 Å². The number of benzene rings is 2. The van der Waals surface area contributed by atoms with Crippen molar-refractivity contribution in [2.24, 2.45) is 0 Å². The van der Waals surface area contributed by atoms with E-state index in [4.69, 9.17) is 9.47 Å². The molecular formula is C20H20N2O2. The topological polar surface area (TPSA) is 43.4 Å². The van der Waals surface area contributed by atoms with E-state index in [1.165, 1.54) is 0 Å². The van der Waals surface area contributed by atoms with Gasteiger partial charge in [0.25, 0.3) is 0 Å². The second-order valence-corrected chi connectivity index (χ2v) is 5.95. The molecule has 1 aliphatic heterocycles. The van der Waals surface area contributed by atoms with Crippen molar-refractivity contribution >= 4 is 10.8 Å². The van der Waals surface area contributed by atoms with Crippen LogP contribution in [0.25, 0.3) is 10.8 Å². The summed E-state index contributed by atoms with van der Waals surface area (Å²) in [5, 5.41) is 5.62. The van der Waals surface area contributed by atoms with Crippen LogP contribution in [-0.2, 0) is 4.74 Å². The molecule has 0 bridgehead atoms. The summed E-state index contributed by atoms with van der Waals surface area (Å²) in [4.78, 5) is 4.19. The normalized spacial score (nSPS) is 19.1. The SMILES string of the molecule is c1ccc(C(Oc2ccc3ccncc3c2)C2CNCCO2)cc1. The first kappa shape index (κ1) is 15.1. The molecule has 4 heteroatoms. The van der Waals surface area contributed by atoms with Crippen LogP contribution in [0.4, 0.5) is 0 Å². The fourth-order valence-electron chi connectivity index (χ4n) is 3.06. The standard InChI is InChI=1S/C20H20N2O2/c1-2-4-16(5-3-1)20(19-14-22-10-11-23-19)24-18-7-6-15-8-9-21-13-17(15)12-18/h1-9,12-13,19-20,22H,10-11,14H2. The van der Waals surface area contributed by atoms with E-state index in [1.807, 2.05) is 42.6 Å². The Kier molecular flexibility index (Phi) is 4.40. The molecule has 0 radical (unpaired) electrons. The summed E-state index contributed by atoms with van der Waals surface area (Å²) < 4.78 is 12.3. The van der Waals surface area contributed by atoms with Gasteiger partial charge in [-0.25, -0.2) is 0 Å². The number of hydrogen-bond acceptors (Lipinski definition) is 4. The number of rotatable bonds is 4. The summed E-state index contributed by atoms with van der Waals surface area (Å²) in [6.45, 7) is 2.38. The van der Waals surface area contributed by atoms with Gasteiger partial charge in [0.05, 0.1) is 6.61 Å². The minimum absolute atomic E-state index is 0.00857. The second kappa shape index (κ2) is 6.99. The Labute approximate surface area is 141 Å². The van der Waals surface area contributed by atoms with Gasteiger partial charge < -0.3 is 14.8 Å². The van der Waals surface area contributed by atoms with Crippen LogP contribution in [0, 0.1) is 0 Å². The first-order valence-electron chi connectivity index (χ1n) is 8.28. The van der Waals surface area contributed by atoms with Crippen molar-refractivity contribution in [3.05, 3.63) is 72.6 Å². The summed E-state index contributed by atoms with van der Waals surface area (Å²) in [7, 11) is 0. The molecule has 122 valence electrons. The number of fused-ring (bicyclic) bond motifs is 1. The molecule has 1 aromatic heterocycles. The molecule has 1 aliphatic rings. The number of nitrogens with zero attached hydrogens (tertiary/aromatic N) is 1. The van der Waals surface area contributed by atoms with Crippen LogP contribution in [-0.4, -0.2) is 30.8 Å². The van der Waals surface area contributed by atoms with E-state index in [0.717, 1.165) is 35.2 Å². The maximum atomic E-state index is 6.36. The molecule has 0 spiro atoms. The lowest BCUT2D eigenvalue weighted by Gasteiger charge is -2.31. The lowest BCUT2D eigenvalue weighted by Crippen LogP contribution is -2.43. The predicted molar refractivity (Wildman–Crippen MR) is 94.2 cm³/mol. The van der Waals surface area contributed by atoms with E-state index in [-0.39, 0.29) is 12.2 Å². The summed E-state index contributed by atoms with van der Waals surface area (Å²) in [6, 6.07) is 18.4. The van der Waals surface area contributed by atoms with Crippen LogP contribution >= 0.6 is 0 Å². The van der Waals surface area contributed by atoms with Crippen molar-refractivity contribution < 1.29 is 9.47 Å². The lowest BCUT2D eigenvalue weighted by molar-refractivity contribution is -0.0432. The van der Waals surface area contributed by atoms with Crippen LogP contribution in [0.1, 0.15) is 11.7 Å². The third kappa shape index (κ3) is 3.25. The first-order valence-corrected chi connectivity index (χ1v) is 8.28. The molecular weight excluding hydrogens is 300 g/mol. The summed E-state index contributed by atoms with van der Waals surface area (Å²) in [5.41, 5.74) is 1.12. The van der Waals surface area contributed by atoms with Crippen molar-refractivity contribution in [3.63, 3.8) is 0 Å². The second-order valence-electron chi connectivity index (χ2n) is 5.95. The van der Waals surface area contributed by atoms with E-state index >= 15 is 0 Å². The molecule has 1 N–H and O–H groups in total. The number of hydrogen-bond donors (Lipinski definition) is 1. The molecule has 1 fully saturated rings. The molecule has 0 amide bonds. The molecule has 2 atom stereocenters. The van der Waals surface area contributed by atoms with Gasteiger partial charge in [0.15, 0.2) is 6.10 Å². The Balaban J connectivity index is 1.64. The molecule has 2 heterocycles. The van der Waals surface area contributed by atoms with Gasteiger partial charge in [-0.05, 0) is 29.1 Å². The third-order valence-electron chi connectivity index (χ3n) is 4.30. The number of pyridine rings is 1. The highest BCUT2D eigenvalue weighted by Gasteiger charge is 2.27. The van der Waals surface area contributed by atoms with E-state index in [0.29, 0.717) is 6.61 Å². The number of nitrogens with one attached hydrogen (secondary N) is 1. The monoisotopic (exact) mass is 320 g/mol. The molecule has 4 rings (SSSR count). The maximum Gasteiger partial charge on any atom is 0.151 e. The van der Waals surface area contributed by atoms with Crippen molar-refractivity contribution in [3.8, 4) is 5.75 Å². The van der Waals surface area contributed by atoms with Crippen LogP contribution < -0.4 is 10.1 Å². The Morgan fingerprint density at radius 1 is 1.08 bits per heavy atom. The Hall–Kier alpha value is -2.43. The first-order chi connectivity index (χ1) is 11.9. The van der Waals surface area contributed by atoms with Crippen LogP contribution in [0.5, 0.6) is 5.75 Å². The molecule has 1 saturated heterocycles. The number of morpholine rings is 1. The van der Waals surface area contributed by atoms with Crippen molar-refractivity contribution in [1.82, 2.24) is 10.3 Å². The van der Waals surface area contributed by atoms with Crippen LogP contribution in [0.15, 0.2) is 67.0 Å². The van der Waals surface area contributed by atoms with Crippen LogP contribution in [0.3, 0.4) is 0 Å². The Morgan fingerprint density at radius 2 is 2.00 bits per heavy atom. The Bertz CT molecular complexity index is 801. The lowest BCUT2D eigenvalue weighted by atomic mass is 10.0. The van der Waals surface area contributed by atoms with Gasteiger partial charge in [-0.15, -0.1) is 0 Å². The fourth-order valence-corrected chi connectivity index (χ4v) is 3.06. The average Bonchev–Trinajstić information content (AvgIpc) is 2.67. The van der Waals surface area contributed by atoms with Gasteiger partial charge in [-0.1, -0.05) is 36.4 Å². The van der Waals surface area contributed by atoms with Crippen LogP contribution in [0.2, 0.25) is 0 Å². The minimum atomic E-state index is -0.145. The predicted octanol–water partition coefficient (Wildman–Crippen LogP) is 3.34. The largest absolute Gasteiger partial charge is 0.483 e. The van der Waals surface area contributed by atoms with Crippen molar-refractivity contribution in [2.75, 3.05) is 19.7 Å². The summed E-state index contributed by atoms with van der Waals surface area (Å²) >= 11 is 0. The van der Waals surface area contributed by atoms with E-state index < -0.39 is 0 Å². The molecule has 0 aliphatic carbocycles. The molecule has 4 nitrogen and oxygen atoms in total. The van der Waals surface area contributed by atoms with Gasteiger partial charge in [0, 0.05) is 30.9 Å². The minimum Gasteiger partial charge on any atom is -0.483 e. The highest BCUT2D eigenvalue weighted by atomic mass is 16.5. The third-order valence-corrected chi connectivity index (χ3v) is 4.30. The quantitative estimate of drug-likeness (QED) is 0.801. The smallest absolute Gasteiger partial charge is 0.151 e. The van der Waals surface area contributed by atoms with Gasteiger partial charge in [0.2, 0.25) is 0 Å². The zero-order valence-corrected chi connectivity index (χ0v) is 13.4. The zero-order chi connectivity index (χ0) is 16.2. The van der Waals surface area contributed by atoms with Gasteiger partial charge in [-0.3, -0.25) is 4.98 Å². The highest BCUT2D eigenvalue weighted by molar-refractivity contribution is 5.82. The van der Waals surface area contributed by atoms with E-state index in [2.05, 4.69) is 28.5 Å².